The highest BCUT2D eigenvalue weighted by atomic mass is 19.4. The second kappa shape index (κ2) is 8.34. The first-order valence-corrected chi connectivity index (χ1v) is 9.80. The zero-order chi connectivity index (χ0) is 22.9. The van der Waals surface area contributed by atoms with Crippen LogP contribution in [-0.2, 0) is 12.7 Å². The fourth-order valence-corrected chi connectivity index (χ4v) is 3.68. The van der Waals surface area contributed by atoms with E-state index in [9.17, 15) is 18.0 Å². The summed E-state index contributed by atoms with van der Waals surface area (Å²) in [6.45, 7) is 0.659. The van der Waals surface area contributed by atoms with Gasteiger partial charge in [-0.2, -0.15) is 23.5 Å². The van der Waals surface area contributed by atoms with Crippen molar-refractivity contribution in [2.24, 2.45) is 0 Å². The quantitative estimate of drug-likeness (QED) is 0.658. The number of halogens is 3. The van der Waals surface area contributed by atoms with Gasteiger partial charge in [0.05, 0.1) is 41.7 Å². The third-order valence-electron chi connectivity index (χ3n) is 5.23. The molecule has 0 unspecified atom stereocenters. The summed E-state index contributed by atoms with van der Waals surface area (Å²) in [5.74, 6) is -0.240. The summed E-state index contributed by atoms with van der Waals surface area (Å²) in [6.07, 6.45) is -1.70. The first kappa shape index (κ1) is 21.4. The number of hydrogen-bond acceptors (Lipinski definition) is 5. The third kappa shape index (κ3) is 4.27. The van der Waals surface area contributed by atoms with Gasteiger partial charge in [-0.3, -0.25) is 9.48 Å². The topological polar surface area (TPSA) is 92.8 Å². The molecule has 1 aliphatic heterocycles. The lowest BCUT2D eigenvalue weighted by Gasteiger charge is -2.24. The van der Waals surface area contributed by atoms with Gasteiger partial charge in [-0.05, 0) is 43.2 Å². The number of nitriles is 1. The normalized spacial score (nSPS) is 15.5. The van der Waals surface area contributed by atoms with Crippen molar-refractivity contribution in [1.29, 1.82) is 5.26 Å². The number of amides is 1. The summed E-state index contributed by atoms with van der Waals surface area (Å²) in [6, 6.07) is 9.25. The first-order valence-electron chi connectivity index (χ1n) is 9.80. The van der Waals surface area contributed by atoms with Crippen molar-refractivity contribution in [2.45, 2.75) is 31.6 Å². The maximum atomic E-state index is 13.2. The summed E-state index contributed by atoms with van der Waals surface area (Å²) in [4.78, 5) is 16.9. The molecule has 0 saturated carbocycles. The van der Waals surface area contributed by atoms with E-state index in [1.54, 1.807) is 29.1 Å². The Hall–Kier alpha value is -3.87. The highest BCUT2D eigenvalue weighted by molar-refractivity contribution is 5.95. The molecule has 164 valence electrons. The molecule has 1 aliphatic rings. The smallest absolute Gasteiger partial charge is 0.416 e. The van der Waals surface area contributed by atoms with Gasteiger partial charge in [-0.25, -0.2) is 4.98 Å². The van der Waals surface area contributed by atoms with Gasteiger partial charge < -0.3 is 10.1 Å². The average molecular weight is 441 g/mol. The van der Waals surface area contributed by atoms with Crippen LogP contribution in [-0.4, -0.2) is 27.8 Å². The minimum atomic E-state index is -4.66. The van der Waals surface area contributed by atoms with Crippen LogP contribution in [0.25, 0.3) is 11.3 Å². The summed E-state index contributed by atoms with van der Waals surface area (Å²) in [5, 5.41) is 16.4. The standard InChI is InChI=1S/C22H18F3N5O2/c1-32-20-10-14(4-5-27-20)18-11-19-17(3-2-6-30(19)29-18)28-21(31)15-7-13(12-26)8-16(9-15)22(23,24)25/h4-5,7-11,17H,2-3,6H2,1H3,(H,28,31)/t17-/m0/s1. The molecule has 3 heterocycles. The van der Waals surface area contributed by atoms with Crippen LogP contribution >= 0.6 is 0 Å². The van der Waals surface area contributed by atoms with E-state index in [1.165, 1.54) is 7.11 Å². The second-order valence-electron chi connectivity index (χ2n) is 7.34. The Labute approximate surface area is 181 Å². The summed E-state index contributed by atoms with van der Waals surface area (Å²) < 4.78 is 46.4. The molecule has 4 rings (SSSR count). The average Bonchev–Trinajstić information content (AvgIpc) is 3.23. The second-order valence-corrected chi connectivity index (χ2v) is 7.34. The number of rotatable bonds is 4. The number of hydrogen-bond donors (Lipinski definition) is 1. The molecular formula is C22H18F3N5O2. The molecule has 0 bridgehead atoms. The maximum absolute atomic E-state index is 13.2. The predicted molar refractivity (Wildman–Crippen MR) is 108 cm³/mol. The number of nitrogens with one attached hydrogen (secondary N) is 1. The molecular weight excluding hydrogens is 423 g/mol. The van der Waals surface area contributed by atoms with Gasteiger partial charge >= 0.3 is 6.18 Å². The number of aromatic nitrogens is 3. The summed E-state index contributed by atoms with van der Waals surface area (Å²) in [7, 11) is 1.52. The first-order chi connectivity index (χ1) is 15.3. The van der Waals surface area contributed by atoms with E-state index in [0.717, 1.165) is 35.9 Å². The molecule has 1 atom stereocenters. The van der Waals surface area contributed by atoms with Crippen molar-refractivity contribution in [1.82, 2.24) is 20.1 Å². The molecule has 7 nitrogen and oxygen atoms in total. The van der Waals surface area contributed by atoms with Crippen molar-refractivity contribution in [3.8, 4) is 23.2 Å². The number of pyridine rings is 1. The van der Waals surface area contributed by atoms with Crippen molar-refractivity contribution >= 4 is 5.91 Å². The SMILES string of the molecule is COc1cc(-c2cc3n(n2)CCC[C@@H]3NC(=O)c2cc(C#N)cc(C(F)(F)F)c2)ccn1. The molecule has 1 N–H and O–H groups in total. The lowest BCUT2D eigenvalue weighted by molar-refractivity contribution is -0.137. The van der Waals surface area contributed by atoms with Crippen LogP contribution in [0, 0.1) is 11.3 Å². The van der Waals surface area contributed by atoms with E-state index >= 15 is 0 Å². The van der Waals surface area contributed by atoms with Gasteiger partial charge in [0.25, 0.3) is 5.91 Å². The number of fused-ring (bicyclic) bond motifs is 1. The van der Waals surface area contributed by atoms with E-state index in [0.29, 0.717) is 24.5 Å². The zero-order valence-corrected chi connectivity index (χ0v) is 17.0. The van der Waals surface area contributed by atoms with Gasteiger partial charge in [-0.1, -0.05) is 0 Å². The van der Waals surface area contributed by atoms with Crippen LogP contribution in [0.3, 0.4) is 0 Å². The lowest BCUT2D eigenvalue weighted by atomic mass is 10.0. The molecule has 0 saturated heterocycles. The molecule has 0 radical (unpaired) electrons. The minimum Gasteiger partial charge on any atom is -0.481 e. The molecule has 1 aromatic carbocycles. The molecule has 3 aromatic rings. The molecule has 10 heteroatoms. The number of methoxy groups -OCH3 is 1. The highest BCUT2D eigenvalue weighted by Gasteiger charge is 2.32. The summed E-state index contributed by atoms with van der Waals surface area (Å²) in [5.41, 5.74) is 0.736. The van der Waals surface area contributed by atoms with Crippen LogP contribution in [0.2, 0.25) is 0 Å². The number of carbonyl (C=O) groups is 1. The van der Waals surface area contributed by atoms with E-state index in [4.69, 9.17) is 10.00 Å². The van der Waals surface area contributed by atoms with E-state index < -0.39 is 23.7 Å². The van der Waals surface area contributed by atoms with Crippen LogP contribution in [0.4, 0.5) is 13.2 Å². The fourth-order valence-electron chi connectivity index (χ4n) is 3.68. The molecule has 0 spiro atoms. The predicted octanol–water partition coefficient (Wildman–Crippen LogP) is 4.11. The van der Waals surface area contributed by atoms with Gasteiger partial charge in [0.2, 0.25) is 5.88 Å². The Morgan fingerprint density at radius 1 is 1.28 bits per heavy atom. The van der Waals surface area contributed by atoms with E-state index in [-0.39, 0.29) is 11.1 Å². The number of ether oxygens (including phenoxy) is 1. The summed E-state index contributed by atoms with van der Waals surface area (Å²) >= 11 is 0. The number of carbonyl (C=O) groups excluding carboxylic acids is 1. The number of alkyl halides is 3. The molecule has 32 heavy (non-hydrogen) atoms. The Balaban J connectivity index is 1.61. The van der Waals surface area contributed by atoms with Crippen LogP contribution in [0.5, 0.6) is 5.88 Å². The molecule has 0 aliphatic carbocycles. The minimum absolute atomic E-state index is 0.216. The van der Waals surface area contributed by atoms with Crippen molar-refractivity contribution < 1.29 is 22.7 Å². The highest BCUT2D eigenvalue weighted by Crippen LogP contribution is 2.32. The number of benzene rings is 1. The Morgan fingerprint density at radius 3 is 2.81 bits per heavy atom. The van der Waals surface area contributed by atoms with E-state index in [1.807, 2.05) is 6.07 Å². The van der Waals surface area contributed by atoms with Crippen LogP contribution in [0.15, 0.2) is 42.6 Å². The Bertz CT molecular complexity index is 1210. The van der Waals surface area contributed by atoms with Gasteiger partial charge in [0.1, 0.15) is 0 Å². The third-order valence-corrected chi connectivity index (χ3v) is 5.23. The van der Waals surface area contributed by atoms with Gasteiger partial charge in [-0.15, -0.1) is 0 Å². The fraction of sp³-hybridized carbons (Fsp3) is 0.273. The monoisotopic (exact) mass is 441 g/mol. The Morgan fingerprint density at radius 2 is 2.09 bits per heavy atom. The number of aryl methyl sites for hydroxylation is 1. The van der Waals surface area contributed by atoms with Crippen molar-refractivity contribution in [3.05, 3.63) is 65.0 Å². The van der Waals surface area contributed by atoms with Crippen molar-refractivity contribution in [2.75, 3.05) is 7.11 Å². The van der Waals surface area contributed by atoms with Gasteiger partial charge in [0, 0.05) is 29.9 Å². The largest absolute Gasteiger partial charge is 0.481 e. The molecule has 1 amide bonds. The van der Waals surface area contributed by atoms with Crippen LogP contribution in [0.1, 0.15) is 46.1 Å². The maximum Gasteiger partial charge on any atom is 0.416 e. The van der Waals surface area contributed by atoms with Crippen LogP contribution < -0.4 is 10.1 Å². The lowest BCUT2D eigenvalue weighted by Crippen LogP contribution is -2.33. The van der Waals surface area contributed by atoms with Crippen molar-refractivity contribution in [3.63, 3.8) is 0 Å². The van der Waals surface area contributed by atoms with Gasteiger partial charge in [0.15, 0.2) is 0 Å². The Kier molecular flexibility index (Phi) is 5.57. The van der Waals surface area contributed by atoms with E-state index in [2.05, 4.69) is 15.4 Å². The number of nitrogens with zero attached hydrogens (tertiary/aromatic N) is 4. The zero-order valence-electron chi connectivity index (χ0n) is 17.0. The molecule has 2 aromatic heterocycles. The molecule has 0 fully saturated rings.